The summed E-state index contributed by atoms with van der Waals surface area (Å²) in [4.78, 5) is 29.2. The highest BCUT2D eigenvalue weighted by Gasteiger charge is 2.29. The molecule has 1 saturated carbocycles. The molecule has 0 spiro atoms. The van der Waals surface area contributed by atoms with Crippen LogP contribution in [0.3, 0.4) is 0 Å². The fourth-order valence-electron chi connectivity index (χ4n) is 2.32. The van der Waals surface area contributed by atoms with Gasteiger partial charge in [-0.2, -0.15) is 0 Å². The summed E-state index contributed by atoms with van der Waals surface area (Å²) in [5, 5.41) is 0. The van der Waals surface area contributed by atoms with Crippen LogP contribution in [-0.4, -0.2) is 36.3 Å². The van der Waals surface area contributed by atoms with E-state index in [0.29, 0.717) is 0 Å². The summed E-state index contributed by atoms with van der Waals surface area (Å²) in [5.41, 5.74) is 1.95. The third kappa shape index (κ3) is 4.09. The van der Waals surface area contributed by atoms with Gasteiger partial charge in [0.25, 0.3) is 0 Å². The van der Waals surface area contributed by atoms with Crippen molar-refractivity contribution in [3.05, 3.63) is 0 Å². The van der Waals surface area contributed by atoms with Crippen molar-refractivity contribution < 1.29 is 19.2 Å². The minimum atomic E-state index is -0.782. The highest BCUT2D eigenvalue weighted by molar-refractivity contribution is 5.72. The Morgan fingerprint density at radius 3 is 2.33 bits per heavy atom. The van der Waals surface area contributed by atoms with Crippen molar-refractivity contribution in [3.8, 4) is 0 Å². The van der Waals surface area contributed by atoms with Crippen LogP contribution in [0.25, 0.3) is 0 Å². The van der Waals surface area contributed by atoms with Crippen LogP contribution in [0.15, 0.2) is 0 Å². The molecular weight excluding hydrogens is 236 g/mol. The van der Waals surface area contributed by atoms with Gasteiger partial charge in [-0.15, -0.1) is 5.48 Å². The predicted octanol–water partition coefficient (Wildman–Crippen LogP) is 2.44. The fourth-order valence-corrected chi connectivity index (χ4v) is 2.32. The van der Waals surface area contributed by atoms with E-state index in [1.54, 1.807) is 4.90 Å². The minimum absolute atomic E-state index is 0.0417. The first-order valence-electron chi connectivity index (χ1n) is 6.39. The van der Waals surface area contributed by atoms with E-state index >= 15 is 0 Å². The molecule has 6 nitrogen and oxygen atoms in total. The number of carbonyl (C=O) groups is 2. The van der Waals surface area contributed by atoms with Crippen molar-refractivity contribution in [2.24, 2.45) is 0 Å². The SMILES string of the molecule is COC(=O)NOC(=O)N(C(C)C)C1CCCCC1. The molecule has 1 fully saturated rings. The molecule has 0 bridgehead atoms. The summed E-state index contributed by atoms with van der Waals surface area (Å²) in [6, 6.07) is 0.241. The van der Waals surface area contributed by atoms with E-state index < -0.39 is 12.2 Å². The lowest BCUT2D eigenvalue weighted by molar-refractivity contribution is 0.0254. The third-order valence-corrected chi connectivity index (χ3v) is 3.14. The van der Waals surface area contributed by atoms with Gasteiger partial charge < -0.3 is 14.5 Å². The summed E-state index contributed by atoms with van der Waals surface area (Å²) >= 11 is 0. The Balaban J connectivity index is 2.54. The van der Waals surface area contributed by atoms with Gasteiger partial charge in [0.1, 0.15) is 0 Å². The Labute approximate surface area is 108 Å². The number of ether oxygens (including phenoxy) is 1. The van der Waals surface area contributed by atoms with Gasteiger partial charge in [0, 0.05) is 12.1 Å². The quantitative estimate of drug-likeness (QED) is 0.772. The van der Waals surface area contributed by atoms with Crippen molar-refractivity contribution in [2.75, 3.05) is 7.11 Å². The molecule has 0 atom stereocenters. The van der Waals surface area contributed by atoms with E-state index in [0.717, 1.165) is 25.7 Å². The molecule has 0 aliphatic heterocycles. The lowest BCUT2D eigenvalue weighted by atomic mass is 9.94. The molecule has 18 heavy (non-hydrogen) atoms. The van der Waals surface area contributed by atoms with Gasteiger partial charge >= 0.3 is 12.2 Å². The number of hydrogen-bond donors (Lipinski definition) is 1. The van der Waals surface area contributed by atoms with Gasteiger partial charge in [-0.1, -0.05) is 19.3 Å². The van der Waals surface area contributed by atoms with Gasteiger partial charge in [0.05, 0.1) is 7.11 Å². The smallest absolute Gasteiger partial charge is 0.440 e. The minimum Gasteiger partial charge on any atom is -0.451 e. The van der Waals surface area contributed by atoms with Crippen molar-refractivity contribution in [3.63, 3.8) is 0 Å². The van der Waals surface area contributed by atoms with Crippen LogP contribution in [0.5, 0.6) is 0 Å². The van der Waals surface area contributed by atoms with Crippen LogP contribution >= 0.6 is 0 Å². The first-order chi connectivity index (χ1) is 8.56. The van der Waals surface area contributed by atoms with Gasteiger partial charge in [-0.3, -0.25) is 0 Å². The lowest BCUT2D eigenvalue weighted by Crippen LogP contribution is -2.48. The van der Waals surface area contributed by atoms with E-state index in [-0.39, 0.29) is 12.1 Å². The summed E-state index contributed by atoms with van der Waals surface area (Å²) < 4.78 is 4.34. The Hall–Kier alpha value is -1.46. The number of methoxy groups -OCH3 is 1. The number of nitrogens with one attached hydrogen (secondary N) is 1. The molecule has 0 unspecified atom stereocenters. The molecule has 0 heterocycles. The molecule has 6 heteroatoms. The summed E-state index contributed by atoms with van der Waals surface area (Å²) in [6.07, 6.45) is 4.16. The van der Waals surface area contributed by atoms with Crippen LogP contribution in [0.2, 0.25) is 0 Å². The largest absolute Gasteiger partial charge is 0.451 e. The number of hydroxylamine groups is 1. The summed E-state index contributed by atoms with van der Waals surface area (Å²) in [7, 11) is 1.21. The maximum Gasteiger partial charge on any atom is 0.440 e. The van der Waals surface area contributed by atoms with Gasteiger partial charge in [-0.05, 0) is 26.7 Å². The molecule has 1 aliphatic carbocycles. The second-order valence-corrected chi connectivity index (χ2v) is 4.75. The second kappa shape index (κ2) is 7.08. The molecule has 1 N–H and O–H groups in total. The third-order valence-electron chi connectivity index (χ3n) is 3.14. The van der Waals surface area contributed by atoms with Crippen LogP contribution in [0.4, 0.5) is 9.59 Å². The van der Waals surface area contributed by atoms with Crippen LogP contribution in [0, 0.1) is 0 Å². The zero-order valence-electron chi connectivity index (χ0n) is 11.3. The summed E-state index contributed by atoms with van der Waals surface area (Å²) in [6.45, 7) is 3.88. The molecule has 0 aromatic carbocycles. The molecule has 0 radical (unpaired) electrons. The molecule has 1 rings (SSSR count). The predicted molar refractivity (Wildman–Crippen MR) is 65.9 cm³/mol. The Morgan fingerprint density at radius 2 is 1.83 bits per heavy atom. The lowest BCUT2D eigenvalue weighted by Gasteiger charge is -2.35. The van der Waals surface area contributed by atoms with Gasteiger partial charge in [0.15, 0.2) is 0 Å². The van der Waals surface area contributed by atoms with Crippen LogP contribution in [-0.2, 0) is 9.57 Å². The van der Waals surface area contributed by atoms with Crippen molar-refractivity contribution in [1.29, 1.82) is 0 Å². The van der Waals surface area contributed by atoms with E-state index in [1.165, 1.54) is 13.5 Å². The highest BCUT2D eigenvalue weighted by Crippen LogP contribution is 2.24. The standard InChI is InChI=1S/C12H22N2O4/c1-9(2)14(10-7-5-4-6-8-10)12(16)18-13-11(15)17-3/h9-10H,4-8H2,1-3H3,(H,13,15). The average Bonchev–Trinajstić information content (AvgIpc) is 2.37. The van der Waals surface area contributed by atoms with Crippen molar-refractivity contribution in [2.45, 2.75) is 58.0 Å². The Bertz CT molecular complexity index is 288. The topological polar surface area (TPSA) is 67.9 Å². The number of rotatable bonds is 2. The molecule has 0 aromatic heterocycles. The van der Waals surface area contributed by atoms with E-state index in [1.807, 2.05) is 19.3 Å². The Kier molecular flexibility index (Phi) is 5.74. The zero-order chi connectivity index (χ0) is 13.5. The molecule has 0 aromatic rings. The van der Waals surface area contributed by atoms with Crippen LogP contribution in [0.1, 0.15) is 46.0 Å². The monoisotopic (exact) mass is 258 g/mol. The fraction of sp³-hybridized carbons (Fsp3) is 0.833. The van der Waals surface area contributed by atoms with E-state index in [2.05, 4.69) is 4.74 Å². The number of nitrogens with zero attached hydrogens (tertiary/aromatic N) is 1. The maximum atomic E-state index is 11.9. The van der Waals surface area contributed by atoms with Gasteiger partial charge in [0.2, 0.25) is 0 Å². The Morgan fingerprint density at radius 1 is 1.22 bits per heavy atom. The number of hydrogen-bond acceptors (Lipinski definition) is 4. The molecule has 2 amide bonds. The molecular formula is C12H22N2O4. The zero-order valence-corrected chi connectivity index (χ0v) is 11.3. The van der Waals surface area contributed by atoms with E-state index in [9.17, 15) is 9.59 Å². The molecule has 0 saturated heterocycles. The number of carbonyl (C=O) groups excluding carboxylic acids is 2. The highest BCUT2D eigenvalue weighted by atomic mass is 16.7. The number of amides is 2. The van der Waals surface area contributed by atoms with Crippen molar-refractivity contribution >= 4 is 12.2 Å². The molecule has 104 valence electrons. The van der Waals surface area contributed by atoms with E-state index in [4.69, 9.17) is 4.84 Å². The first-order valence-corrected chi connectivity index (χ1v) is 6.39. The normalized spacial score (nSPS) is 16.2. The molecule has 1 aliphatic rings. The van der Waals surface area contributed by atoms with Crippen LogP contribution < -0.4 is 5.48 Å². The van der Waals surface area contributed by atoms with Crippen molar-refractivity contribution in [1.82, 2.24) is 10.4 Å². The summed E-state index contributed by atoms with van der Waals surface area (Å²) in [5.74, 6) is 0. The average molecular weight is 258 g/mol. The first kappa shape index (κ1) is 14.6. The van der Waals surface area contributed by atoms with Gasteiger partial charge in [-0.25, -0.2) is 9.59 Å². The maximum absolute atomic E-state index is 11.9. The second-order valence-electron chi connectivity index (χ2n) is 4.75.